The van der Waals surface area contributed by atoms with Crippen LogP contribution in [-0.4, -0.2) is 5.91 Å². The minimum atomic E-state index is -4.42. The highest BCUT2D eigenvalue weighted by Gasteiger charge is 2.30. The van der Waals surface area contributed by atoms with E-state index in [2.05, 4.69) is 10.9 Å². The van der Waals surface area contributed by atoms with E-state index in [0.717, 1.165) is 28.5 Å². The van der Waals surface area contributed by atoms with Crippen LogP contribution in [-0.2, 0) is 17.4 Å². The topological polar surface area (TPSA) is 41.1 Å². The summed E-state index contributed by atoms with van der Waals surface area (Å²) in [6, 6.07) is 18.6. The van der Waals surface area contributed by atoms with Gasteiger partial charge < -0.3 is 0 Å². The highest BCUT2D eigenvalue weighted by molar-refractivity contribution is 5.83. The van der Waals surface area contributed by atoms with Crippen LogP contribution >= 0.6 is 0 Å². The molecule has 3 nitrogen and oxygen atoms in total. The first-order chi connectivity index (χ1) is 12.4. The SMILES string of the molecule is O=C(CCc1ccc2ccccc2c1)NNc1cccc(C(F)(F)F)c1. The molecule has 0 atom stereocenters. The first-order valence-electron chi connectivity index (χ1n) is 8.11. The molecule has 0 saturated heterocycles. The summed E-state index contributed by atoms with van der Waals surface area (Å²) in [7, 11) is 0. The normalized spacial score (nSPS) is 11.3. The van der Waals surface area contributed by atoms with Crippen molar-refractivity contribution in [1.82, 2.24) is 5.43 Å². The molecule has 0 aliphatic heterocycles. The zero-order chi connectivity index (χ0) is 18.6. The summed E-state index contributed by atoms with van der Waals surface area (Å²) in [5, 5.41) is 2.24. The fraction of sp³-hybridized carbons (Fsp3) is 0.150. The number of carbonyl (C=O) groups is 1. The minimum Gasteiger partial charge on any atom is -0.299 e. The van der Waals surface area contributed by atoms with Gasteiger partial charge in [0.25, 0.3) is 0 Å². The van der Waals surface area contributed by atoms with Gasteiger partial charge in [-0.1, -0.05) is 48.5 Å². The Balaban J connectivity index is 1.54. The molecule has 0 aromatic heterocycles. The molecule has 26 heavy (non-hydrogen) atoms. The van der Waals surface area contributed by atoms with E-state index >= 15 is 0 Å². The summed E-state index contributed by atoms with van der Waals surface area (Å²) < 4.78 is 38.0. The fourth-order valence-corrected chi connectivity index (χ4v) is 2.63. The summed E-state index contributed by atoms with van der Waals surface area (Å²) in [4.78, 5) is 11.9. The molecule has 0 aliphatic carbocycles. The molecule has 3 aromatic carbocycles. The van der Waals surface area contributed by atoms with Crippen molar-refractivity contribution in [3.8, 4) is 0 Å². The van der Waals surface area contributed by atoms with Crippen molar-refractivity contribution in [2.75, 3.05) is 5.43 Å². The Labute approximate surface area is 148 Å². The molecule has 3 rings (SSSR count). The largest absolute Gasteiger partial charge is 0.416 e. The van der Waals surface area contributed by atoms with Gasteiger partial charge in [0.1, 0.15) is 0 Å². The second-order valence-corrected chi connectivity index (χ2v) is 5.93. The minimum absolute atomic E-state index is 0.180. The van der Waals surface area contributed by atoms with Gasteiger partial charge in [-0.15, -0.1) is 0 Å². The molecular formula is C20H17F3N2O. The number of amides is 1. The number of alkyl halides is 3. The number of benzene rings is 3. The number of hydrazine groups is 1. The summed E-state index contributed by atoms with van der Waals surface area (Å²) in [5.74, 6) is -0.296. The van der Waals surface area contributed by atoms with Gasteiger partial charge in [-0.05, 0) is 41.0 Å². The van der Waals surface area contributed by atoms with Gasteiger partial charge in [0.05, 0.1) is 11.3 Å². The first-order valence-corrected chi connectivity index (χ1v) is 8.11. The van der Waals surface area contributed by atoms with Crippen molar-refractivity contribution in [3.05, 3.63) is 77.9 Å². The fourth-order valence-electron chi connectivity index (χ4n) is 2.63. The lowest BCUT2D eigenvalue weighted by atomic mass is 10.0. The quantitative estimate of drug-likeness (QED) is 0.635. The van der Waals surface area contributed by atoms with E-state index in [-0.39, 0.29) is 18.0 Å². The van der Waals surface area contributed by atoms with E-state index in [1.807, 2.05) is 42.5 Å². The summed E-state index contributed by atoms with van der Waals surface area (Å²) in [5.41, 5.74) is 5.39. The highest BCUT2D eigenvalue weighted by atomic mass is 19.4. The number of halogens is 3. The van der Waals surface area contributed by atoms with E-state index < -0.39 is 11.7 Å². The van der Waals surface area contributed by atoms with Crippen molar-refractivity contribution in [2.45, 2.75) is 19.0 Å². The van der Waals surface area contributed by atoms with Gasteiger partial charge >= 0.3 is 6.18 Å². The van der Waals surface area contributed by atoms with Crippen LogP contribution in [0.3, 0.4) is 0 Å². The zero-order valence-electron chi connectivity index (χ0n) is 13.8. The molecule has 0 heterocycles. The van der Waals surface area contributed by atoms with Gasteiger partial charge in [0, 0.05) is 6.42 Å². The van der Waals surface area contributed by atoms with E-state index in [9.17, 15) is 18.0 Å². The summed E-state index contributed by atoms with van der Waals surface area (Å²) in [6.07, 6.45) is -3.65. The molecule has 3 aromatic rings. The molecule has 0 bridgehead atoms. The van der Waals surface area contributed by atoms with E-state index in [1.54, 1.807) is 0 Å². The molecule has 6 heteroatoms. The third-order valence-electron chi connectivity index (χ3n) is 3.99. The number of carbonyl (C=O) groups excluding carboxylic acids is 1. The zero-order valence-corrected chi connectivity index (χ0v) is 13.8. The van der Waals surface area contributed by atoms with Crippen molar-refractivity contribution in [2.24, 2.45) is 0 Å². The van der Waals surface area contributed by atoms with Gasteiger partial charge in [-0.25, -0.2) is 0 Å². The lowest BCUT2D eigenvalue weighted by Gasteiger charge is -2.11. The van der Waals surface area contributed by atoms with Gasteiger partial charge in [0.2, 0.25) is 5.91 Å². The Kier molecular flexibility index (Phi) is 5.11. The first kappa shape index (κ1) is 17.8. The van der Waals surface area contributed by atoms with Crippen molar-refractivity contribution < 1.29 is 18.0 Å². The van der Waals surface area contributed by atoms with Crippen LogP contribution < -0.4 is 10.9 Å². The average Bonchev–Trinajstić information content (AvgIpc) is 2.64. The van der Waals surface area contributed by atoms with Crippen LogP contribution in [0.15, 0.2) is 66.7 Å². The Hall–Kier alpha value is -3.02. The number of hydrogen-bond acceptors (Lipinski definition) is 2. The number of anilines is 1. The number of fused-ring (bicyclic) bond motifs is 1. The number of aryl methyl sites for hydroxylation is 1. The summed E-state index contributed by atoms with van der Waals surface area (Å²) in [6.45, 7) is 0. The van der Waals surface area contributed by atoms with Crippen molar-refractivity contribution in [1.29, 1.82) is 0 Å². The maximum absolute atomic E-state index is 12.7. The van der Waals surface area contributed by atoms with E-state index in [4.69, 9.17) is 0 Å². The Morgan fingerprint density at radius 1 is 0.885 bits per heavy atom. The molecule has 134 valence electrons. The monoisotopic (exact) mass is 358 g/mol. The highest BCUT2D eigenvalue weighted by Crippen LogP contribution is 2.30. The lowest BCUT2D eigenvalue weighted by Crippen LogP contribution is -2.29. The number of rotatable bonds is 5. The molecule has 2 N–H and O–H groups in total. The van der Waals surface area contributed by atoms with Crippen LogP contribution in [0.4, 0.5) is 18.9 Å². The van der Waals surface area contributed by atoms with Crippen LogP contribution in [0.1, 0.15) is 17.5 Å². The molecule has 0 aliphatic rings. The summed E-state index contributed by atoms with van der Waals surface area (Å²) >= 11 is 0. The Bertz CT molecular complexity index is 922. The van der Waals surface area contributed by atoms with E-state index in [0.29, 0.717) is 6.42 Å². The standard InChI is InChI=1S/C20H17F3N2O/c21-20(22,23)17-6-3-7-18(13-17)24-25-19(26)11-9-14-8-10-15-4-1-2-5-16(15)12-14/h1-8,10,12-13,24H,9,11H2,(H,25,26). The third kappa shape index (κ3) is 4.53. The average molecular weight is 358 g/mol. The molecule has 1 amide bonds. The van der Waals surface area contributed by atoms with Crippen molar-refractivity contribution in [3.63, 3.8) is 0 Å². The van der Waals surface area contributed by atoms with Crippen LogP contribution in [0.5, 0.6) is 0 Å². The molecule has 0 saturated carbocycles. The van der Waals surface area contributed by atoms with Gasteiger partial charge in [-0.2, -0.15) is 13.2 Å². The molecule has 0 radical (unpaired) electrons. The Morgan fingerprint density at radius 2 is 1.65 bits per heavy atom. The number of hydrogen-bond donors (Lipinski definition) is 2. The maximum Gasteiger partial charge on any atom is 0.416 e. The van der Waals surface area contributed by atoms with Gasteiger partial charge in [0.15, 0.2) is 0 Å². The number of nitrogens with one attached hydrogen (secondary N) is 2. The third-order valence-corrected chi connectivity index (χ3v) is 3.99. The molecule has 0 spiro atoms. The van der Waals surface area contributed by atoms with E-state index in [1.165, 1.54) is 12.1 Å². The smallest absolute Gasteiger partial charge is 0.299 e. The molecular weight excluding hydrogens is 341 g/mol. The van der Waals surface area contributed by atoms with Crippen molar-refractivity contribution >= 4 is 22.4 Å². The lowest BCUT2D eigenvalue weighted by molar-refractivity contribution is -0.137. The Morgan fingerprint density at radius 3 is 2.42 bits per heavy atom. The predicted molar refractivity (Wildman–Crippen MR) is 95.5 cm³/mol. The van der Waals surface area contributed by atoms with Crippen LogP contribution in [0, 0.1) is 0 Å². The van der Waals surface area contributed by atoms with Crippen LogP contribution in [0.2, 0.25) is 0 Å². The van der Waals surface area contributed by atoms with Gasteiger partial charge in [-0.3, -0.25) is 15.6 Å². The maximum atomic E-state index is 12.7. The predicted octanol–water partition coefficient (Wildman–Crippen LogP) is 4.93. The second kappa shape index (κ2) is 7.47. The molecule has 0 fully saturated rings. The second-order valence-electron chi connectivity index (χ2n) is 5.93. The molecule has 0 unspecified atom stereocenters. The van der Waals surface area contributed by atoms with Crippen LogP contribution in [0.25, 0.3) is 10.8 Å².